The van der Waals surface area contributed by atoms with Crippen LogP contribution in [-0.2, 0) is 0 Å². The lowest BCUT2D eigenvalue weighted by atomic mass is 10.3. The first-order valence-corrected chi connectivity index (χ1v) is 6.13. The molecule has 0 saturated heterocycles. The summed E-state index contributed by atoms with van der Waals surface area (Å²) in [5.41, 5.74) is 0. The Morgan fingerprint density at radius 1 is 0.800 bits per heavy atom. The third-order valence-electron chi connectivity index (χ3n) is 1.18. The Morgan fingerprint density at radius 3 is 2.20 bits per heavy atom. The molecule has 0 spiro atoms. The number of thiol groups is 2. The zero-order valence-corrected chi connectivity index (χ0v) is 8.86. The molecule has 0 saturated carbocycles. The van der Waals surface area contributed by atoms with Crippen LogP contribution in [0.25, 0.3) is 0 Å². The molecule has 0 fully saturated rings. The van der Waals surface area contributed by atoms with E-state index >= 15 is 0 Å². The van der Waals surface area contributed by atoms with Crippen LogP contribution in [0.1, 0.15) is 19.3 Å². The van der Waals surface area contributed by atoms with Crippen LogP contribution in [0.2, 0.25) is 0 Å². The van der Waals surface area contributed by atoms with E-state index in [0.29, 0.717) is 0 Å². The summed E-state index contributed by atoms with van der Waals surface area (Å²) in [6.07, 6.45) is 3.95. The van der Waals surface area contributed by atoms with Gasteiger partial charge in [-0.2, -0.15) is 37.0 Å². The molecule has 0 radical (unpaired) electrons. The molecule has 62 valence electrons. The van der Waals surface area contributed by atoms with Gasteiger partial charge in [0.25, 0.3) is 0 Å². The van der Waals surface area contributed by atoms with Gasteiger partial charge >= 0.3 is 0 Å². The highest BCUT2D eigenvalue weighted by Crippen LogP contribution is 2.06. The normalized spacial score (nSPS) is 10.2. The van der Waals surface area contributed by atoms with Crippen molar-refractivity contribution in [1.82, 2.24) is 0 Å². The maximum Gasteiger partial charge on any atom is 0.00210 e. The number of hydrogen-bond acceptors (Lipinski definition) is 3. The van der Waals surface area contributed by atoms with Crippen molar-refractivity contribution in [2.75, 3.05) is 23.0 Å². The molecular formula is C7H16S3. The number of rotatable bonds is 7. The lowest BCUT2D eigenvalue weighted by Crippen LogP contribution is -1.85. The van der Waals surface area contributed by atoms with Gasteiger partial charge in [-0.15, -0.1) is 0 Å². The van der Waals surface area contributed by atoms with Crippen LogP contribution in [0.4, 0.5) is 0 Å². The van der Waals surface area contributed by atoms with Crippen LogP contribution >= 0.6 is 37.0 Å². The van der Waals surface area contributed by atoms with Crippen molar-refractivity contribution < 1.29 is 0 Å². The van der Waals surface area contributed by atoms with Gasteiger partial charge in [0.2, 0.25) is 0 Å². The zero-order valence-electron chi connectivity index (χ0n) is 6.25. The van der Waals surface area contributed by atoms with Crippen LogP contribution in [0.5, 0.6) is 0 Å². The van der Waals surface area contributed by atoms with Crippen molar-refractivity contribution in [3.63, 3.8) is 0 Å². The van der Waals surface area contributed by atoms with Gasteiger partial charge in [-0.3, -0.25) is 0 Å². The van der Waals surface area contributed by atoms with Gasteiger partial charge in [0, 0.05) is 5.75 Å². The van der Waals surface area contributed by atoms with E-state index in [9.17, 15) is 0 Å². The highest BCUT2D eigenvalue weighted by atomic mass is 32.2. The summed E-state index contributed by atoms with van der Waals surface area (Å²) in [5.74, 6) is 4.55. The fourth-order valence-corrected chi connectivity index (χ4v) is 2.01. The molecule has 0 N–H and O–H groups in total. The molecule has 10 heavy (non-hydrogen) atoms. The molecule has 0 atom stereocenters. The second kappa shape index (κ2) is 10.0. The first-order valence-electron chi connectivity index (χ1n) is 3.71. The van der Waals surface area contributed by atoms with E-state index in [0.717, 1.165) is 11.5 Å². The van der Waals surface area contributed by atoms with Gasteiger partial charge in [0.15, 0.2) is 0 Å². The maximum absolute atomic E-state index is 4.15. The van der Waals surface area contributed by atoms with E-state index in [1.165, 1.54) is 30.8 Å². The van der Waals surface area contributed by atoms with E-state index in [2.05, 4.69) is 25.3 Å². The van der Waals surface area contributed by atoms with Crippen LogP contribution in [0.15, 0.2) is 0 Å². The van der Waals surface area contributed by atoms with E-state index in [-0.39, 0.29) is 0 Å². The minimum absolute atomic E-state index is 1.01. The van der Waals surface area contributed by atoms with Gasteiger partial charge < -0.3 is 0 Å². The number of thioether (sulfide) groups is 1. The average Bonchev–Trinajstić information content (AvgIpc) is 1.97. The molecule has 0 aromatic carbocycles. The van der Waals surface area contributed by atoms with Crippen molar-refractivity contribution in [3.05, 3.63) is 0 Å². The zero-order chi connectivity index (χ0) is 7.66. The lowest BCUT2D eigenvalue weighted by molar-refractivity contribution is 0.787. The fourth-order valence-electron chi connectivity index (χ4n) is 0.659. The van der Waals surface area contributed by atoms with Gasteiger partial charge in [0.1, 0.15) is 0 Å². The Balaban J connectivity index is 2.65. The molecule has 3 heteroatoms. The van der Waals surface area contributed by atoms with Gasteiger partial charge in [-0.25, -0.2) is 0 Å². The van der Waals surface area contributed by atoms with Crippen LogP contribution in [0.3, 0.4) is 0 Å². The van der Waals surface area contributed by atoms with Crippen molar-refractivity contribution in [2.45, 2.75) is 19.3 Å². The molecule has 0 aliphatic rings. The summed E-state index contributed by atoms with van der Waals surface area (Å²) in [6, 6.07) is 0. The smallest absolute Gasteiger partial charge is 0.00210 e. The maximum atomic E-state index is 4.15. The SMILES string of the molecule is SCCCCCSCCS. The molecule has 0 bridgehead atoms. The van der Waals surface area contributed by atoms with Crippen molar-refractivity contribution in [1.29, 1.82) is 0 Å². The highest BCUT2D eigenvalue weighted by molar-refractivity contribution is 7.99. The van der Waals surface area contributed by atoms with E-state index in [1.807, 2.05) is 11.8 Å². The van der Waals surface area contributed by atoms with Gasteiger partial charge in [-0.1, -0.05) is 6.42 Å². The van der Waals surface area contributed by atoms with Crippen molar-refractivity contribution in [3.8, 4) is 0 Å². The average molecular weight is 196 g/mol. The Kier molecular flexibility index (Phi) is 11.1. The van der Waals surface area contributed by atoms with Crippen LogP contribution in [0, 0.1) is 0 Å². The predicted molar refractivity (Wildman–Crippen MR) is 58.9 cm³/mol. The van der Waals surface area contributed by atoms with Crippen LogP contribution in [-0.4, -0.2) is 23.0 Å². The molecular weight excluding hydrogens is 180 g/mol. The first kappa shape index (κ1) is 11.1. The fraction of sp³-hybridized carbons (Fsp3) is 1.00. The summed E-state index contributed by atoms with van der Waals surface area (Å²) in [5, 5.41) is 0. The Labute approximate surface area is 79.4 Å². The first-order chi connectivity index (χ1) is 4.91. The molecule has 0 amide bonds. The lowest BCUT2D eigenvalue weighted by Gasteiger charge is -1.97. The highest BCUT2D eigenvalue weighted by Gasteiger charge is 1.87. The molecule has 0 aliphatic heterocycles. The van der Waals surface area contributed by atoms with Gasteiger partial charge in [-0.05, 0) is 30.1 Å². The summed E-state index contributed by atoms with van der Waals surface area (Å²) in [6.45, 7) is 0. The minimum Gasteiger partial charge on any atom is -0.179 e. The van der Waals surface area contributed by atoms with E-state index in [1.54, 1.807) is 0 Å². The summed E-state index contributed by atoms with van der Waals surface area (Å²) in [7, 11) is 0. The third kappa shape index (κ3) is 9.05. The molecule has 0 aliphatic carbocycles. The molecule has 0 aromatic rings. The van der Waals surface area contributed by atoms with E-state index < -0.39 is 0 Å². The second-order valence-corrected chi connectivity index (χ2v) is 4.24. The monoisotopic (exact) mass is 196 g/mol. The van der Waals surface area contributed by atoms with E-state index in [4.69, 9.17) is 0 Å². The van der Waals surface area contributed by atoms with Crippen LogP contribution < -0.4 is 0 Å². The summed E-state index contributed by atoms with van der Waals surface area (Å²) < 4.78 is 0. The topological polar surface area (TPSA) is 0 Å². The largest absolute Gasteiger partial charge is 0.179 e. The minimum atomic E-state index is 1.01. The number of unbranched alkanes of at least 4 members (excludes halogenated alkanes) is 2. The second-order valence-electron chi connectivity index (χ2n) is 2.12. The standard InChI is InChI=1S/C7H16S3/c8-4-2-1-3-6-10-7-5-9/h8-9H,1-7H2. The predicted octanol–water partition coefficient (Wildman–Crippen LogP) is 2.75. The summed E-state index contributed by atoms with van der Waals surface area (Å²) >= 11 is 10.3. The Hall–Kier alpha value is 1.05. The quantitative estimate of drug-likeness (QED) is 0.466. The van der Waals surface area contributed by atoms with Gasteiger partial charge in [0.05, 0.1) is 0 Å². The summed E-state index contributed by atoms with van der Waals surface area (Å²) in [4.78, 5) is 0. The molecule has 0 aromatic heterocycles. The van der Waals surface area contributed by atoms with Crippen molar-refractivity contribution in [2.24, 2.45) is 0 Å². The Bertz CT molecular complexity index is 48.8. The molecule has 0 heterocycles. The molecule has 0 nitrogen and oxygen atoms in total. The number of hydrogen-bond donors (Lipinski definition) is 2. The Morgan fingerprint density at radius 2 is 1.60 bits per heavy atom. The van der Waals surface area contributed by atoms with Crippen molar-refractivity contribution >= 4 is 37.0 Å². The molecule has 0 unspecified atom stereocenters. The third-order valence-corrected chi connectivity index (χ3v) is 3.09. The molecule has 0 rings (SSSR count).